The van der Waals surface area contributed by atoms with Gasteiger partial charge in [0.2, 0.25) is 11.6 Å². The van der Waals surface area contributed by atoms with Crippen molar-refractivity contribution in [3.05, 3.63) is 23.1 Å². The molecule has 1 N–H and O–H groups in total. The average Bonchev–Trinajstić information content (AvgIpc) is 2.86. The predicted octanol–water partition coefficient (Wildman–Crippen LogP) is 7.51. The van der Waals surface area contributed by atoms with Crippen LogP contribution in [0.15, 0.2) is 23.1 Å². The molecule has 212 valence electrons. The summed E-state index contributed by atoms with van der Waals surface area (Å²) >= 11 is 0. The minimum atomic E-state index is -0.492. The summed E-state index contributed by atoms with van der Waals surface area (Å²) in [6, 6.07) is 0. The highest BCUT2D eigenvalue weighted by Gasteiger charge is 2.29. The molecular weight excluding hydrogens is 466 g/mol. The topological polar surface area (TPSA) is 81.7 Å². The van der Waals surface area contributed by atoms with Gasteiger partial charge in [-0.1, -0.05) is 90.4 Å². The predicted molar refractivity (Wildman–Crippen MR) is 150 cm³/mol. The SMILES string of the molecule is CCCCCCCCCCCCCCCCC1=C(OC)C(=O)C=C(NCCCCC(C)(C)OC=O)C1=O. The molecule has 0 aromatic rings. The van der Waals surface area contributed by atoms with Crippen LogP contribution in [0.3, 0.4) is 0 Å². The number of nitrogens with one attached hydrogen (secondary N) is 1. The van der Waals surface area contributed by atoms with Gasteiger partial charge in [-0.05, 0) is 46.0 Å². The van der Waals surface area contributed by atoms with Crippen LogP contribution >= 0.6 is 0 Å². The van der Waals surface area contributed by atoms with E-state index in [1.807, 2.05) is 13.8 Å². The van der Waals surface area contributed by atoms with Crippen molar-refractivity contribution in [3.8, 4) is 0 Å². The lowest BCUT2D eigenvalue weighted by molar-refractivity contribution is -0.140. The first kappa shape index (κ1) is 32.9. The van der Waals surface area contributed by atoms with Crippen LogP contribution in [0, 0.1) is 0 Å². The second-order valence-corrected chi connectivity index (χ2v) is 11.0. The van der Waals surface area contributed by atoms with Crippen LogP contribution in [0.5, 0.6) is 0 Å². The van der Waals surface area contributed by atoms with Crippen LogP contribution in [-0.2, 0) is 23.9 Å². The van der Waals surface area contributed by atoms with Gasteiger partial charge in [0, 0.05) is 18.2 Å². The number of Topliss-reactive ketones (excluding diaryl/α,β-unsaturated/α-hetero) is 1. The zero-order valence-electron chi connectivity index (χ0n) is 24.1. The van der Waals surface area contributed by atoms with E-state index in [0.29, 0.717) is 30.7 Å². The van der Waals surface area contributed by atoms with Gasteiger partial charge in [-0.3, -0.25) is 14.4 Å². The number of hydrogen-bond donors (Lipinski definition) is 1. The number of unbranched alkanes of at least 4 members (excludes halogenated alkanes) is 14. The molecule has 0 heterocycles. The van der Waals surface area contributed by atoms with Gasteiger partial charge in [0.25, 0.3) is 6.47 Å². The molecule has 0 amide bonds. The van der Waals surface area contributed by atoms with Crippen molar-refractivity contribution in [3.63, 3.8) is 0 Å². The molecule has 6 heteroatoms. The van der Waals surface area contributed by atoms with Crippen LogP contribution in [0.2, 0.25) is 0 Å². The van der Waals surface area contributed by atoms with E-state index >= 15 is 0 Å². The largest absolute Gasteiger partial charge is 0.492 e. The standard InChI is InChI=1S/C31H53NO5/c1-5-6-7-8-9-10-11-12-13-14-15-16-17-18-21-26-29(35)27(24-28(34)30(26)36-4)32-23-20-19-22-31(2,3)37-25-33/h24-25,32H,5-23H2,1-4H3. The molecule has 0 radical (unpaired) electrons. The van der Waals surface area contributed by atoms with Crippen molar-refractivity contribution >= 4 is 18.0 Å². The fraction of sp³-hybridized carbons (Fsp3) is 0.774. The molecule has 6 nitrogen and oxygen atoms in total. The number of methoxy groups -OCH3 is 1. The molecule has 0 bridgehead atoms. The maximum Gasteiger partial charge on any atom is 0.293 e. The fourth-order valence-electron chi connectivity index (χ4n) is 4.84. The second-order valence-electron chi connectivity index (χ2n) is 11.0. The van der Waals surface area contributed by atoms with Crippen molar-refractivity contribution in [2.45, 2.75) is 142 Å². The van der Waals surface area contributed by atoms with Gasteiger partial charge in [0.15, 0.2) is 5.76 Å². The van der Waals surface area contributed by atoms with E-state index < -0.39 is 5.60 Å². The third-order valence-corrected chi connectivity index (χ3v) is 7.16. The first-order chi connectivity index (χ1) is 17.9. The Balaban J connectivity index is 2.25. The summed E-state index contributed by atoms with van der Waals surface area (Å²) in [5.41, 5.74) is 0.362. The highest BCUT2D eigenvalue weighted by atomic mass is 16.5. The lowest BCUT2D eigenvalue weighted by Crippen LogP contribution is -2.29. The summed E-state index contributed by atoms with van der Waals surface area (Å²) < 4.78 is 10.4. The van der Waals surface area contributed by atoms with Crippen LogP contribution < -0.4 is 5.32 Å². The third-order valence-electron chi connectivity index (χ3n) is 7.16. The highest BCUT2D eigenvalue weighted by molar-refractivity contribution is 6.21. The Bertz CT molecular complexity index is 738. The average molecular weight is 520 g/mol. The van der Waals surface area contributed by atoms with E-state index in [1.165, 1.54) is 90.2 Å². The molecule has 0 aromatic heterocycles. The maximum atomic E-state index is 13.0. The van der Waals surface area contributed by atoms with Gasteiger partial charge >= 0.3 is 0 Å². The third kappa shape index (κ3) is 14.4. The number of carbonyl (C=O) groups is 3. The van der Waals surface area contributed by atoms with Gasteiger partial charge in [0.05, 0.1) is 12.8 Å². The minimum Gasteiger partial charge on any atom is -0.492 e. The minimum absolute atomic E-state index is 0.129. The maximum absolute atomic E-state index is 13.0. The Kier molecular flexibility index (Phi) is 17.7. The molecule has 0 fully saturated rings. The molecule has 37 heavy (non-hydrogen) atoms. The van der Waals surface area contributed by atoms with Crippen LogP contribution in [0.25, 0.3) is 0 Å². The number of ether oxygens (including phenoxy) is 2. The molecule has 1 aliphatic rings. The Morgan fingerprint density at radius 3 is 1.86 bits per heavy atom. The zero-order valence-corrected chi connectivity index (χ0v) is 24.1. The highest BCUT2D eigenvalue weighted by Crippen LogP contribution is 2.24. The van der Waals surface area contributed by atoms with Crippen molar-refractivity contribution in [2.24, 2.45) is 0 Å². The van der Waals surface area contributed by atoms with Gasteiger partial charge in [-0.15, -0.1) is 0 Å². The Morgan fingerprint density at radius 2 is 1.35 bits per heavy atom. The summed E-state index contributed by atoms with van der Waals surface area (Å²) in [5.74, 6) is -0.181. The summed E-state index contributed by atoms with van der Waals surface area (Å²) in [7, 11) is 1.46. The molecule has 0 aromatic carbocycles. The lowest BCUT2D eigenvalue weighted by atomic mass is 9.93. The van der Waals surface area contributed by atoms with E-state index in [2.05, 4.69) is 12.2 Å². The first-order valence-electron chi connectivity index (χ1n) is 14.8. The van der Waals surface area contributed by atoms with E-state index in [1.54, 1.807) is 0 Å². The van der Waals surface area contributed by atoms with Gasteiger partial charge in [0.1, 0.15) is 5.60 Å². The van der Waals surface area contributed by atoms with E-state index in [-0.39, 0.29) is 17.3 Å². The molecule has 0 unspecified atom stereocenters. The van der Waals surface area contributed by atoms with Gasteiger partial charge < -0.3 is 14.8 Å². The van der Waals surface area contributed by atoms with Crippen molar-refractivity contribution in [2.75, 3.05) is 13.7 Å². The van der Waals surface area contributed by atoms with Crippen molar-refractivity contribution in [1.82, 2.24) is 5.32 Å². The summed E-state index contributed by atoms with van der Waals surface area (Å²) in [6.07, 6.45) is 22.2. The first-order valence-corrected chi connectivity index (χ1v) is 14.8. The number of ketones is 2. The van der Waals surface area contributed by atoms with E-state index in [4.69, 9.17) is 9.47 Å². The second kappa shape index (κ2) is 19.9. The van der Waals surface area contributed by atoms with E-state index in [9.17, 15) is 14.4 Å². The van der Waals surface area contributed by atoms with Crippen molar-refractivity contribution in [1.29, 1.82) is 0 Å². The molecule has 0 spiro atoms. The number of allylic oxidation sites excluding steroid dienone is 2. The van der Waals surface area contributed by atoms with Gasteiger partial charge in [-0.25, -0.2) is 0 Å². The molecule has 0 saturated carbocycles. The quantitative estimate of drug-likeness (QED) is 0.0807. The molecular formula is C31H53NO5. The summed E-state index contributed by atoms with van der Waals surface area (Å²) in [6.45, 7) is 7.08. The molecule has 0 aliphatic heterocycles. The lowest BCUT2D eigenvalue weighted by Gasteiger charge is -2.22. The van der Waals surface area contributed by atoms with Crippen LogP contribution in [-0.4, -0.2) is 37.3 Å². The molecule has 1 aliphatic carbocycles. The van der Waals surface area contributed by atoms with E-state index in [0.717, 1.165) is 32.1 Å². The molecule has 0 saturated heterocycles. The normalized spacial score (nSPS) is 14.1. The van der Waals surface area contributed by atoms with Gasteiger partial charge in [-0.2, -0.15) is 0 Å². The van der Waals surface area contributed by atoms with Crippen LogP contribution in [0.4, 0.5) is 0 Å². The van der Waals surface area contributed by atoms with Crippen molar-refractivity contribution < 1.29 is 23.9 Å². The Morgan fingerprint density at radius 1 is 0.811 bits per heavy atom. The summed E-state index contributed by atoms with van der Waals surface area (Å²) in [5, 5.41) is 3.14. The number of carbonyl (C=O) groups excluding carboxylic acids is 3. The molecule has 0 atom stereocenters. The summed E-state index contributed by atoms with van der Waals surface area (Å²) in [4.78, 5) is 36.1. The Hall–Kier alpha value is -2.11. The number of hydrogen-bond acceptors (Lipinski definition) is 6. The smallest absolute Gasteiger partial charge is 0.293 e. The molecule has 1 rings (SSSR count). The van der Waals surface area contributed by atoms with Crippen LogP contribution in [0.1, 0.15) is 136 Å². The zero-order chi connectivity index (χ0) is 27.4. The number of rotatable bonds is 24. The Labute approximate surface area is 226 Å². The monoisotopic (exact) mass is 519 g/mol. The fourth-order valence-corrected chi connectivity index (χ4v) is 4.84.